The van der Waals surface area contributed by atoms with E-state index in [4.69, 9.17) is 21.5 Å². The quantitative estimate of drug-likeness (QED) is 0.408. The first-order valence-corrected chi connectivity index (χ1v) is 11.8. The highest BCUT2D eigenvalue weighted by molar-refractivity contribution is 5.91. The number of benzene rings is 2. The zero-order valence-corrected chi connectivity index (χ0v) is 19.1. The van der Waals surface area contributed by atoms with E-state index in [9.17, 15) is 4.79 Å². The van der Waals surface area contributed by atoms with Crippen LogP contribution in [0.5, 0.6) is 0 Å². The lowest BCUT2D eigenvalue weighted by molar-refractivity contribution is -0.122. The predicted molar refractivity (Wildman–Crippen MR) is 135 cm³/mol. The van der Waals surface area contributed by atoms with Gasteiger partial charge < -0.3 is 11.5 Å². The Balaban J connectivity index is 1.35. The molecule has 4 N–H and O–H groups in total. The highest BCUT2D eigenvalue weighted by Crippen LogP contribution is 2.35. The molecule has 1 aliphatic rings. The zero-order valence-electron chi connectivity index (χ0n) is 19.1. The van der Waals surface area contributed by atoms with E-state index in [1.165, 1.54) is 0 Å². The Morgan fingerprint density at radius 1 is 0.914 bits per heavy atom. The molecular weight excluding hydrogens is 438 g/mol. The van der Waals surface area contributed by atoms with Crippen molar-refractivity contribution >= 4 is 28.1 Å². The summed E-state index contributed by atoms with van der Waals surface area (Å²) in [4.78, 5) is 25.6. The van der Waals surface area contributed by atoms with Gasteiger partial charge >= 0.3 is 0 Å². The minimum Gasteiger partial charge on any atom is -0.382 e. The molecule has 1 aliphatic carbocycles. The SMILES string of the molecule is NC(=O)C1CCC(c2nc(N)c3c(-c4ccc5ccc(-c6ccccc6)nc5c4)ncn3n2)CC1. The van der Waals surface area contributed by atoms with Crippen LogP contribution in [0, 0.1) is 5.92 Å². The summed E-state index contributed by atoms with van der Waals surface area (Å²) in [5.41, 5.74) is 17.1. The average Bonchev–Trinajstić information content (AvgIpc) is 3.33. The van der Waals surface area contributed by atoms with E-state index in [1.54, 1.807) is 10.8 Å². The van der Waals surface area contributed by atoms with Gasteiger partial charge in [0, 0.05) is 28.3 Å². The van der Waals surface area contributed by atoms with Crippen molar-refractivity contribution in [3.05, 3.63) is 72.8 Å². The number of hydrogen-bond donors (Lipinski definition) is 2. The molecule has 174 valence electrons. The first kappa shape index (κ1) is 21.2. The van der Waals surface area contributed by atoms with Crippen molar-refractivity contribution in [3.63, 3.8) is 0 Å². The monoisotopic (exact) mass is 463 g/mol. The first-order valence-electron chi connectivity index (χ1n) is 11.8. The van der Waals surface area contributed by atoms with Crippen LogP contribution in [0.25, 0.3) is 38.9 Å². The summed E-state index contributed by atoms with van der Waals surface area (Å²) in [5, 5.41) is 5.77. The van der Waals surface area contributed by atoms with E-state index in [0.29, 0.717) is 17.2 Å². The third-order valence-electron chi connectivity index (χ3n) is 6.97. The summed E-state index contributed by atoms with van der Waals surface area (Å²) >= 11 is 0. The molecule has 0 saturated heterocycles. The summed E-state index contributed by atoms with van der Waals surface area (Å²) in [6, 6.07) is 20.3. The topological polar surface area (TPSA) is 125 Å². The maximum atomic E-state index is 11.5. The highest BCUT2D eigenvalue weighted by Gasteiger charge is 2.28. The van der Waals surface area contributed by atoms with Crippen LogP contribution in [0.4, 0.5) is 5.82 Å². The molecule has 5 aromatic rings. The third-order valence-corrected chi connectivity index (χ3v) is 6.97. The number of anilines is 1. The van der Waals surface area contributed by atoms with Gasteiger partial charge in [-0.3, -0.25) is 4.79 Å². The number of amides is 1. The number of hydrogen-bond acceptors (Lipinski definition) is 6. The van der Waals surface area contributed by atoms with Gasteiger partial charge in [-0.15, -0.1) is 0 Å². The molecule has 0 atom stereocenters. The molecular formula is C27H25N7O. The Labute approximate surface area is 202 Å². The number of primary amides is 1. The fourth-order valence-corrected chi connectivity index (χ4v) is 5.02. The summed E-state index contributed by atoms with van der Waals surface area (Å²) < 4.78 is 1.71. The van der Waals surface area contributed by atoms with E-state index in [0.717, 1.165) is 59.1 Å². The fourth-order valence-electron chi connectivity index (χ4n) is 5.02. The van der Waals surface area contributed by atoms with Crippen molar-refractivity contribution in [3.8, 4) is 22.5 Å². The normalized spacial score (nSPS) is 18.2. The number of nitrogen functional groups attached to an aromatic ring is 1. The van der Waals surface area contributed by atoms with Crippen LogP contribution in [0.2, 0.25) is 0 Å². The Bertz CT molecular complexity index is 1550. The number of fused-ring (bicyclic) bond motifs is 2. The molecule has 35 heavy (non-hydrogen) atoms. The van der Waals surface area contributed by atoms with Gasteiger partial charge in [-0.25, -0.2) is 19.5 Å². The van der Waals surface area contributed by atoms with Crippen molar-refractivity contribution < 1.29 is 4.79 Å². The standard InChI is InChI=1S/C27H25N7O/c28-25-24-23(30-15-34(24)33-27(32-25)19-9-7-18(8-10-19)26(29)35)20-11-6-17-12-13-21(31-22(17)14-20)16-4-2-1-3-5-16/h1-6,11-15,18-19H,7-10H2,(H2,29,35)(H2,28,32,33). The minimum absolute atomic E-state index is 0.0592. The van der Waals surface area contributed by atoms with Gasteiger partial charge in [-0.1, -0.05) is 48.5 Å². The first-order chi connectivity index (χ1) is 17.1. The molecule has 1 fully saturated rings. The van der Waals surface area contributed by atoms with Crippen LogP contribution in [0.15, 0.2) is 67.0 Å². The van der Waals surface area contributed by atoms with Gasteiger partial charge in [0.15, 0.2) is 11.6 Å². The number of imidazole rings is 1. The zero-order chi connectivity index (χ0) is 23.9. The van der Waals surface area contributed by atoms with Crippen molar-refractivity contribution in [2.24, 2.45) is 11.7 Å². The molecule has 2 aromatic carbocycles. The van der Waals surface area contributed by atoms with Crippen LogP contribution >= 0.6 is 0 Å². The van der Waals surface area contributed by atoms with Gasteiger partial charge in [0.25, 0.3) is 0 Å². The number of pyridine rings is 1. The largest absolute Gasteiger partial charge is 0.382 e. The van der Waals surface area contributed by atoms with Gasteiger partial charge in [0.1, 0.15) is 17.5 Å². The lowest BCUT2D eigenvalue weighted by atomic mass is 9.81. The van der Waals surface area contributed by atoms with Crippen LogP contribution in [-0.2, 0) is 4.79 Å². The van der Waals surface area contributed by atoms with Gasteiger partial charge in [0.2, 0.25) is 5.91 Å². The van der Waals surface area contributed by atoms with E-state index < -0.39 is 0 Å². The van der Waals surface area contributed by atoms with Crippen LogP contribution < -0.4 is 11.5 Å². The van der Waals surface area contributed by atoms with Gasteiger partial charge in [-0.05, 0) is 37.8 Å². The fraction of sp³-hybridized carbons (Fsp3) is 0.222. The second kappa shape index (κ2) is 8.47. The number of aromatic nitrogens is 5. The van der Waals surface area contributed by atoms with E-state index >= 15 is 0 Å². The third kappa shape index (κ3) is 3.86. The Morgan fingerprint density at radius 2 is 1.69 bits per heavy atom. The van der Waals surface area contributed by atoms with Crippen LogP contribution in [0.1, 0.15) is 37.4 Å². The minimum atomic E-state index is -0.223. The van der Waals surface area contributed by atoms with Crippen LogP contribution in [0.3, 0.4) is 0 Å². The lowest BCUT2D eigenvalue weighted by Crippen LogP contribution is -2.27. The van der Waals surface area contributed by atoms with Crippen LogP contribution in [-0.4, -0.2) is 30.5 Å². The molecule has 1 saturated carbocycles. The maximum absolute atomic E-state index is 11.5. The van der Waals surface area contributed by atoms with Gasteiger partial charge in [0.05, 0.1) is 11.2 Å². The van der Waals surface area contributed by atoms with E-state index in [-0.39, 0.29) is 17.7 Å². The van der Waals surface area contributed by atoms with Gasteiger partial charge in [-0.2, -0.15) is 5.10 Å². The molecule has 0 aliphatic heterocycles. The summed E-state index contributed by atoms with van der Waals surface area (Å²) in [5.74, 6) is 0.958. The molecule has 1 amide bonds. The molecule has 0 unspecified atom stereocenters. The summed E-state index contributed by atoms with van der Waals surface area (Å²) in [6.45, 7) is 0. The second-order valence-electron chi connectivity index (χ2n) is 9.16. The lowest BCUT2D eigenvalue weighted by Gasteiger charge is -2.25. The van der Waals surface area contributed by atoms with Crippen molar-refractivity contribution in [1.29, 1.82) is 0 Å². The molecule has 3 aromatic heterocycles. The molecule has 0 bridgehead atoms. The number of nitrogens with two attached hydrogens (primary N) is 2. The Morgan fingerprint density at radius 3 is 2.46 bits per heavy atom. The highest BCUT2D eigenvalue weighted by atomic mass is 16.1. The van der Waals surface area contributed by atoms with E-state index in [2.05, 4.69) is 28.2 Å². The number of rotatable bonds is 4. The molecule has 0 spiro atoms. The maximum Gasteiger partial charge on any atom is 0.220 e. The Kier molecular flexibility index (Phi) is 5.13. The number of nitrogens with zero attached hydrogens (tertiary/aromatic N) is 5. The molecule has 8 nitrogen and oxygen atoms in total. The van der Waals surface area contributed by atoms with Crippen molar-refractivity contribution in [1.82, 2.24) is 24.6 Å². The molecule has 0 radical (unpaired) electrons. The molecule has 6 rings (SSSR count). The summed E-state index contributed by atoms with van der Waals surface area (Å²) in [7, 11) is 0. The number of carbonyl (C=O) groups is 1. The second-order valence-corrected chi connectivity index (χ2v) is 9.16. The molecule has 8 heteroatoms. The van der Waals surface area contributed by atoms with Crippen molar-refractivity contribution in [2.75, 3.05) is 5.73 Å². The smallest absolute Gasteiger partial charge is 0.220 e. The van der Waals surface area contributed by atoms with Crippen molar-refractivity contribution in [2.45, 2.75) is 31.6 Å². The molecule has 3 heterocycles. The number of carbonyl (C=O) groups excluding carboxylic acids is 1. The Hall–Kier alpha value is -4.33. The van der Waals surface area contributed by atoms with E-state index in [1.807, 2.05) is 42.5 Å². The predicted octanol–water partition coefficient (Wildman–Crippen LogP) is 4.35. The average molecular weight is 464 g/mol. The summed E-state index contributed by atoms with van der Waals surface area (Å²) in [6.07, 6.45) is 4.83.